The molecule has 7 atom stereocenters. The van der Waals surface area contributed by atoms with Crippen molar-refractivity contribution in [1.29, 1.82) is 0 Å². The number of likely N-dealkylation sites (tertiary alicyclic amines) is 1. The van der Waals surface area contributed by atoms with Gasteiger partial charge < -0.3 is 44.1 Å². The number of carbonyl (C=O) groups excluding carboxylic acids is 3. The lowest BCUT2D eigenvalue weighted by atomic mass is 9.97. The summed E-state index contributed by atoms with van der Waals surface area (Å²) in [5.74, 6) is 0.146. The van der Waals surface area contributed by atoms with E-state index in [-0.39, 0.29) is 49.2 Å². The van der Waals surface area contributed by atoms with Crippen LogP contribution >= 0.6 is 0 Å². The van der Waals surface area contributed by atoms with Crippen LogP contribution in [0.1, 0.15) is 31.5 Å². The van der Waals surface area contributed by atoms with Crippen LogP contribution in [-0.4, -0.2) is 147 Å². The quantitative estimate of drug-likeness (QED) is 0.355. The number of nitrogens with zero attached hydrogens (tertiary/aromatic N) is 5. The number of amides is 3. The number of ether oxygens (including phenoxy) is 3. The van der Waals surface area contributed by atoms with Gasteiger partial charge in [0.25, 0.3) is 0 Å². The Kier molecular flexibility index (Phi) is 8.80. The number of imidazole rings is 1. The number of hydrogen-bond acceptors (Lipinski definition) is 10. The van der Waals surface area contributed by atoms with Crippen LogP contribution in [0.5, 0.6) is 0 Å². The van der Waals surface area contributed by atoms with E-state index in [1.807, 2.05) is 17.8 Å². The van der Waals surface area contributed by atoms with Crippen molar-refractivity contribution in [3.8, 4) is 0 Å². The molecule has 42 heavy (non-hydrogen) atoms. The van der Waals surface area contributed by atoms with E-state index in [1.54, 1.807) is 16.0 Å². The number of hydrogen-bond donors (Lipinski definition) is 3. The number of nitrogens with one attached hydrogen (secondary N) is 1. The predicted molar refractivity (Wildman–Crippen MR) is 146 cm³/mol. The molecule has 5 fully saturated rings. The number of rotatable bonds is 3. The second-order valence-electron chi connectivity index (χ2n) is 12.2. The minimum atomic E-state index is -1.27. The van der Waals surface area contributed by atoms with Crippen molar-refractivity contribution in [2.24, 2.45) is 13.0 Å². The summed E-state index contributed by atoms with van der Waals surface area (Å²) in [6, 6.07) is -0.735. The van der Waals surface area contributed by atoms with Crippen molar-refractivity contribution in [3.05, 3.63) is 18.2 Å². The molecule has 1 aromatic rings. The molecule has 0 spiro atoms. The fourth-order valence-corrected chi connectivity index (χ4v) is 6.95. The monoisotopic (exact) mass is 590 g/mol. The minimum Gasteiger partial charge on any atom is -0.388 e. The average molecular weight is 591 g/mol. The summed E-state index contributed by atoms with van der Waals surface area (Å²) in [6.45, 7) is 3.28. The van der Waals surface area contributed by atoms with Crippen LogP contribution in [0.4, 0.5) is 0 Å². The standard InChI is InChI=1S/C28H42N6O8/c1-31-5-4-29-23(31)16-33-12-18-10-20(33)28(39)32-6-9-41-19(13-32)14-34(27(38)17-2-7-40-8-3-17)15-22-26(37)25(36)21(42-22)11-24(35)30-18/h4-5,17-22,25-26,36-37H,2-3,6-16H2,1H3,(H,30,35)/t18-,19-,20-,21-,22+,25-,26+/m0/s1. The Balaban J connectivity index is 1.26. The first-order valence-corrected chi connectivity index (χ1v) is 15.0. The van der Waals surface area contributed by atoms with Gasteiger partial charge in [-0.2, -0.15) is 0 Å². The Bertz CT molecular complexity index is 1140. The first kappa shape index (κ1) is 29.5. The summed E-state index contributed by atoms with van der Waals surface area (Å²) >= 11 is 0. The Morgan fingerprint density at radius 3 is 2.62 bits per heavy atom. The number of carbonyl (C=O) groups is 3. The van der Waals surface area contributed by atoms with E-state index in [9.17, 15) is 24.6 Å². The zero-order valence-corrected chi connectivity index (χ0v) is 24.0. The highest BCUT2D eigenvalue weighted by Gasteiger charge is 2.47. The molecule has 6 heterocycles. The molecular formula is C28H42N6O8. The van der Waals surface area contributed by atoms with Gasteiger partial charge in [-0.05, 0) is 19.3 Å². The second-order valence-corrected chi connectivity index (χ2v) is 12.2. The SMILES string of the molecule is Cn1ccnc1CN1C[C@@H]2C[C@H]1C(=O)N1CCO[C@H](CN(C(=O)C3CCOCC3)C[C@H]3O[C@@H](CC(=O)N2)[C@H](O)[C@@H]3O)C1. The lowest BCUT2D eigenvalue weighted by molar-refractivity contribution is -0.150. The largest absolute Gasteiger partial charge is 0.388 e. The maximum atomic E-state index is 14.0. The molecule has 5 aliphatic rings. The Morgan fingerprint density at radius 1 is 1.07 bits per heavy atom. The van der Waals surface area contributed by atoms with E-state index in [2.05, 4.69) is 15.2 Å². The van der Waals surface area contributed by atoms with Gasteiger partial charge in [0.15, 0.2) is 0 Å². The maximum absolute atomic E-state index is 14.0. The van der Waals surface area contributed by atoms with Crippen LogP contribution in [0.3, 0.4) is 0 Å². The van der Waals surface area contributed by atoms with Crippen LogP contribution in [0.15, 0.2) is 12.4 Å². The van der Waals surface area contributed by atoms with Gasteiger partial charge in [0, 0.05) is 77.3 Å². The molecular weight excluding hydrogens is 548 g/mol. The van der Waals surface area contributed by atoms with Gasteiger partial charge in [-0.25, -0.2) is 4.98 Å². The third-order valence-corrected chi connectivity index (χ3v) is 9.32. The topological polar surface area (TPSA) is 159 Å². The van der Waals surface area contributed by atoms with Gasteiger partial charge >= 0.3 is 0 Å². The highest BCUT2D eigenvalue weighted by Crippen LogP contribution is 2.28. The van der Waals surface area contributed by atoms with E-state index >= 15 is 0 Å². The molecule has 0 unspecified atom stereocenters. The predicted octanol–water partition coefficient (Wildman–Crippen LogP) is -2.15. The molecule has 0 radical (unpaired) electrons. The van der Waals surface area contributed by atoms with Crippen molar-refractivity contribution in [2.45, 2.75) is 74.8 Å². The number of aliphatic hydroxyl groups is 2. The summed E-state index contributed by atoms with van der Waals surface area (Å²) in [5, 5.41) is 24.7. The van der Waals surface area contributed by atoms with E-state index in [4.69, 9.17) is 14.2 Å². The van der Waals surface area contributed by atoms with Gasteiger partial charge in [0.2, 0.25) is 17.7 Å². The molecule has 1 aromatic heterocycles. The van der Waals surface area contributed by atoms with E-state index < -0.39 is 36.6 Å². The van der Waals surface area contributed by atoms with Crippen LogP contribution in [0.25, 0.3) is 0 Å². The lowest BCUT2D eigenvalue weighted by Gasteiger charge is -2.39. The van der Waals surface area contributed by atoms with Crippen molar-refractivity contribution in [1.82, 2.24) is 29.6 Å². The number of fused-ring (bicyclic) bond motifs is 6. The third-order valence-electron chi connectivity index (χ3n) is 9.32. The fraction of sp³-hybridized carbons (Fsp3) is 0.786. The molecule has 14 heteroatoms. The number of morpholine rings is 1. The van der Waals surface area contributed by atoms with Crippen LogP contribution in [-0.2, 0) is 42.2 Å². The number of aryl methyl sites for hydroxylation is 1. The zero-order chi connectivity index (χ0) is 29.4. The second kappa shape index (κ2) is 12.5. The highest BCUT2D eigenvalue weighted by atomic mass is 16.5. The molecule has 3 amide bonds. The Hall–Kier alpha value is -2.62. The van der Waals surface area contributed by atoms with Gasteiger partial charge in [-0.15, -0.1) is 0 Å². The normalized spacial score (nSPS) is 35.5. The van der Waals surface area contributed by atoms with Crippen molar-refractivity contribution in [3.63, 3.8) is 0 Å². The van der Waals surface area contributed by atoms with Crippen molar-refractivity contribution < 1.29 is 38.8 Å². The summed E-state index contributed by atoms with van der Waals surface area (Å²) in [7, 11) is 1.91. The molecule has 6 rings (SSSR count). The maximum Gasteiger partial charge on any atom is 0.240 e. The first-order chi connectivity index (χ1) is 20.3. The van der Waals surface area contributed by atoms with Gasteiger partial charge in [-0.3, -0.25) is 19.3 Å². The van der Waals surface area contributed by atoms with Crippen LogP contribution in [0.2, 0.25) is 0 Å². The van der Waals surface area contributed by atoms with Crippen molar-refractivity contribution >= 4 is 17.7 Å². The van der Waals surface area contributed by atoms with Gasteiger partial charge in [0.1, 0.15) is 24.1 Å². The zero-order valence-electron chi connectivity index (χ0n) is 24.0. The molecule has 6 bridgehead atoms. The van der Waals surface area contributed by atoms with Gasteiger partial charge in [0.05, 0.1) is 37.8 Å². The highest BCUT2D eigenvalue weighted by molar-refractivity contribution is 5.83. The average Bonchev–Trinajstić information content (AvgIpc) is 3.66. The molecule has 232 valence electrons. The lowest BCUT2D eigenvalue weighted by Crippen LogP contribution is -2.56. The molecule has 0 saturated carbocycles. The number of aliphatic hydroxyl groups excluding tert-OH is 2. The molecule has 0 aromatic carbocycles. The summed E-state index contributed by atoms with van der Waals surface area (Å²) in [6.07, 6.45) is 0.350. The van der Waals surface area contributed by atoms with Crippen LogP contribution in [0, 0.1) is 5.92 Å². The molecule has 5 saturated heterocycles. The summed E-state index contributed by atoms with van der Waals surface area (Å²) in [5.41, 5.74) is 0. The number of aromatic nitrogens is 2. The Labute approximate surface area is 244 Å². The van der Waals surface area contributed by atoms with E-state index in [0.717, 1.165) is 5.82 Å². The first-order valence-electron chi connectivity index (χ1n) is 15.0. The van der Waals surface area contributed by atoms with E-state index in [0.29, 0.717) is 65.3 Å². The Morgan fingerprint density at radius 2 is 1.86 bits per heavy atom. The molecule has 5 aliphatic heterocycles. The smallest absolute Gasteiger partial charge is 0.240 e. The molecule has 14 nitrogen and oxygen atoms in total. The van der Waals surface area contributed by atoms with Crippen LogP contribution < -0.4 is 5.32 Å². The minimum absolute atomic E-state index is 0.0297. The van der Waals surface area contributed by atoms with E-state index in [1.165, 1.54) is 0 Å². The molecule has 0 aliphatic carbocycles. The summed E-state index contributed by atoms with van der Waals surface area (Å²) in [4.78, 5) is 50.7. The van der Waals surface area contributed by atoms with Crippen molar-refractivity contribution in [2.75, 3.05) is 52.5 Å². The molecule has 3 N–H and O–H groups in total. The third kappa shape index (κ3) is 6.19. The summed E-state index contributed by atoms with van der Waals surface area (Å²) < 4.78 is 19.5. The fourth-order valence-electron chi connectivity index (χ4n) is 6.95. The van der Waals surface area contributed by atoms with Gasteiger partial charge in [-0.1, -0.05) is 0 Å².